The number of carbonyl (C=O) groups is 3. The maximum atomic E-state index is 12.6. The van der Waals surface area contributed by atoms with E-state index in [2.05, 4.69) is 5.32 Å². The maximum Gasteiger partial charge on any atom is 0.305 e. The number of benzene rings is 1. The summed E-state index contributed by atoms with van der Waals surface area (Å²) in [6.45, 7) is 3.65. The topological polar surface area (TPSA) is 86.7 Å². The molecule has 2 amide bonds. The molecule has 0 bridgehead atoms. The summed E-state index contributed by atoms with van der Waals surface area (Å²) in [6, 6.07) is 6.24. The number of aliphatic carboxylic acids is 1. The van der Waals surface area contributed by atoms with Gasteiger partial charge in [-0.3, -0.25) is 14.4 Å². The summed E-state index contributed by atoms with van der Waals surface area (Å²) in [7, 11) is 0. The maximum absolute atomic E-state index is 12.6. The summed E-state index contributed by atoms with van der Waals surface area (Å²) in [5.41, 5.74) is 1.71. The number of thioether (sulfide) groups is 1. The first-order valence-corrected chi connectivity index (χ1v) is 9.04. The standard InChI is InChI=1S/C17H22N2O4S/c1-3-15(20)19-10-24-9-14(19)17(23)18-13(8-16(21)22)12-7-5-4-6-11(12)2/h4-7,13-14H,3,8-10H2,1-2H3,(H,18,23)(H,21,22). The molecule has 6 nitrogen and oxygen atoms in total. The minimum Gasteiger partial charge on any atom is -0.481 e. The van der Waals surface area contributed by atoms with Crippen molar-refractivity contribution in [1.82, 2.24) is 10.2 Å². The number of hydrogen-bond acceptors (Lipinski definition) is 4. The van der Waals surface area contributed by atoms with E-state index in [9.17, 15) is 19.5 Å². The number of rotatable bonds is 6. The molecule has 1 aromatic rings. The van der Waals surface area contributed by atoms with E-state index in [4.69, 9.17) is 0 Å². The number of carboxylic acid groups (broad SMARTS) is 1. The average molecular weight is 350 g/mol. The molecule has 130 valence electrons. The molecular formula is C17H22N2O4S. The van der Waals surface area contributed by atoms with Gasteiger partial charge >= 0.3 is 5.97 Å². The van der Waals surface area contributed by atoms with E-state index in [0.717, 1.165) is 11.1 Å². The van der Waals surface area contributed by atoms with E-state index in [1.807, 2.05) is 31.2 Å². The second kappa shape index (κ2) is 8.19. The fraction of sp³-hybridized carbons (Fsp3) is 0.471. The quantitative estimate of drug-likeness (QED) is 0.819. The van der Waals surface area contributed by atoms with Crippen molar-refractivity contribution in [3.63, 3.8) is 0 Å². The Labute approximate surface area is 145 Å². The molecule has 2 unspecified atom stereocenters. The molecule has 1 fully saturated rings. The number of amides is 2. The molecule has 2 N–H and O–H groups in total. The molecule has 1 aliphatic rings. The minimum atomic E-state index is -0.981. The molecule has 24 heavy (non-hydrogen) atoms. The summed E-state index contributed by atoms with van der Waals surface area (Å²) < 4.78 is 0. The predicted octanol–water partition coefficient (Wildman–Crippen LogP) is 1.94. The van der Waals surface area contributed by atoms with Crippen LogP contribution in [-0.4, -0.2) is 45.5 Å². The van der Waals surface area contributed by atoms with Crippen LogP contribution in [0, 0.1) is 6.92 Å². The van der Waals surface area contributed by atoms with E-state index >= 15 is 0 Å². The Bertz CT molecular complexity index is 635. The van der Waals surface area contributed by atoms with Gasteiger partial charge in [-0.15, -0.1) is 11.8 Å². The summed E-state index contributed by atoms with van der Waals surface area (Å²) in [5.74, 6) is -0.308. The lowest BCUT2D eigenvalue weighted by molar-refractivity contribution is -0.140. The van der Waals surface area contributed by atoms with Crippen molar-refractivity contribution < 1.29 is 19.5 Å². The monoisotopic (exact) mass is 350 g/mol. The lowest BCUT2D eigenvalue weighted by Crippen LogP contribution is -2.48. The second-order valence-electron chi connectivity index (χ2n) is 5.75. The van der Waals surface area contributed by atoms with Gasteiger partial charge in [0.15, 0.2) is 0 Å². The highest BCUT2D eigenvalue weighted by molar-refractivity contribution is 7.99. The third kappa shape index (κ3) is 4.29. The van der Waals surface area contributed by atoms with Crippen LogP contribution in [0.4, 0.5) is 0 Å². The van der Waals surface area contributed by atoms with Gasteiger partial charge in [0.1, 0.15) is 6.04 Å². The minimum absolute atomic E-state index is 0.0640. The van der Waals surface area contributed by atoms with Gasteiger partial charge in [-0.05, 0) is 18.1 Å². The van der Waals surface area contributed by atoms with Crippen molar-refractivity contribution in [3.8, 4) is 0 Å². The predicted molar refractivity (Wildman–Crippen MR) is 92.6 cm³/mol. The molecule has 7 heteroatoms. The number of nitrogens with zero attached hydrogens (tertiary/aromatic N) is 1. The van der Waals surface area contributed by atoms with Crippen molar-refractivity contribution in [2.24, 2.45) is 0 Å². The first-order chi connectivity index (χ1) is 11.4. The zero-order valence-electron chi connectivity index (χ0n) is 13.8. The lowest BCUT2D eigenvalue weighted by Gasteiger charge is -2.26. The number of carboxylic acids is 1. The number of carbonyl (C=O) groups excluding carboxylic acids is 2. The van der Waals surface area contributed by atoms with Crippen molar-refractivity contribution in [3.05, 3.63) is 35.4 Å². The first kappa shape index (κ1) is 18.3. The molecule has 2 atom stereocenters. The molecule has 2 rings (SSSR count). The first-order valence-electron chi connectivity index (χ1n) is 7.89. The Kier molecular flexibility index (Phi) is 6.25. The number of hydrogen-bond donors (Lipinski definition) is 2. The van der Waals surface area contributed by atoms with E-state index in [-0.39, 0.29) is 18.2 Å². The summed E-state index contributed by atoms with van der Waals surface area (Å²) in [5, 5.41) is 12.0. The Morgan fingerprint density at radius 3 is 2.71 bits per heavy atom. The van der Waals surface area contributed by atoms with E-state index in [1.54, 1.807) is 11.8 Å². The van der Waals surface area contributed by atoms with Crippen LogP contribution in [0.2, 0.25) is 0 Å². The van der Waals surface area contributed by atoms with Crippen LogP contribution in [0.15, 0.2) is 24.3 Å². The van der Waals surface area contributed by atoms with E-state index in [0.29, 0.717) is 18.1 Å². The SMILES string of the molecule is CCC(=O)N1CSCC1C(=O)NC(CC(=O)O)c1ccccc1C. The third-order valence-corrected chi connectivity index (χ3v) is 5.08. The molecule has 0 radical (unpaired) electrons. The smallest absolute Gasteiger partial charge is 0.305 e. The highest BCUT2D eigenvalue weighted by Gasteiger charge is 2.35. The van der Waals surface area contributed by atoms with Crippen LogP contribution in [0.25, 0.3) is 0 Å². The second-order valence-corrected chi connectivity index (χ2v) is 6.75. The molecule has 0 saturated carbocycles. The van der Waals surface area contributed by atoms with E-state index in [1.165, 1.54) is 11.8 Å². The zero-order valence-corrected chi connectivity index (χ0v) is 14.6. The fourth-order valence-corrected chi connectivity index (χ4v) is 3.95. The molecule has 0 aliphatic carbocycles. The highest BCUT2D eigenvalue weighted by atomic mass is 32.2. The van der Waals surface area contributed by atoms with Gasteiger partial charge < -0.3 is 15.3 Å². The molecular weight excluding hydrogens is 328 g/mol. The molecule has 0 spiro atoms. The van der Waals surface area contributed by atoms with E-state index < -0.39 is 18.1 Å². The summed E-state index contributed by atoms with van der Waals surface area (Å²) in [4.78, 5) is 37.4. The zero-order chi connectivity index (χ0) is 17.7. The van der Waals surface area contributed by atoms with Crippen LogP contribution in [0.1, 0.15) is 36.9 Å². The van der Waals surface area contributed by atoms with Crippen molar-refractivity contribution in [2.75, 3.05) is 11.6 Å². The van der Waals surface area contributed by atoms with Crippen LogP contribution < -0.4 is 5.32 Å². The van der Waals surface area contributed by atoms with Gasteiger partial charge in [0.05, 0.1) is 18.3 Å². The Morgan fingerprint density at radius 1 is 1.38 bits per heavy atom. The Balaban J connectivity index is 2.17. The number of aryl methyl sites for hydroxylation is 1. The van der Waals surface area contributed by atoms with Gasteiger partial charge in [-0.1, -0.05) is 31.2 Å². The van der Waals surface area contributed by atoms with Gasteiger partial charge in [-0.2, -0.15) is 0 Å². The van der Waals surface area contributed by atoms with Crippen LogP contribution in [0.3, 0.4) is 0 Å². The normalized spacial score (nSPS) is 18.2. The molecule has 1 heterocycles. The van der Waals surface area contributed by atoms with Crippen molar-refractivity contribution >= 4 is 29.5 Å². The summed E-state index contributed by atoms with van der Waals surface area (Å²) in [6.07, 6.45) is 0.152. The van der Waals surface area contributed by atoms with Gasteiger partial charge in [0, 0.05) is 12.2 Å². The largest absolute Gasteiger partial charge is 0.481 e. The van der Waals surface area contributed by atoms with Crippen LogP contribution in [0.5, 0.6) is 0 Å². The molecule has 0 aromatic heterocycles. The third-order valence-electron chi connectivity index (χ3n) is 4.07. The Hall–Kier alpha value is -2.02. The Morgan fingerprint density at radius 2 is 2.08 bits per heavy atom. The van der Waals surface area contributed by atoms with Gasteiger partial charge in [-0.25, -0.2) is 0 Å². The average Bonchev–Trinajstić information content (AvgIpc) is 3.03. The summed E-state index contributed by atoms with van der Waals surface area (Å²) >= 11 is 1.53. The van der Waals surface area contributed by atoms with Gasteiger partial charge in [0.25, 0.3) is 0 Å². The van der Waals surface area contributed by atoms with Crippen LogP contribution in [-0.2, 0) is 14.4 Å². The molecule has 1 aliphatic heterocycles. The van der Waals surface area contributed by atoms with Gasteiger partial charge in [0.2, 0.25) is 11.8 Å². The molecule has 1 aromatic carbocycles. The fourth-order valence-electron chi connectivity index (χ4n) is 2.77. The lowest BCUT2D eigenvalue weighted by atomic mass is 9.98. The molecule has 1 saturated heterocycles. The highest BCUT2D eigenvalue weighted by Crippen LogP contribution is 2.25. The van der Waals surface area contributed by atoms with Crippen molar-refractivity contribution in [1.29, 1.82) is 0 Å². The van der Waals surface area contributed by atoms with Crippen LogP contribution >= 0.6 is 11.8 Å². The number of nitrogens with one attached hydrogen (secondary N) is 1. The van der Waals surface area contributed by atoms with Crippen molar-refractivity contribution in [2.45, 2.75) is 38.8 Å².